The maximum absolute atomic E-state index is 11.1. The minimum atomic E-state index is -2.86. The van der Waals surface area contributed by atoms with Gasteiger partial charge in [-0.3, -0.25) is 0 Å². The topological polar surface area (TPSA) is 142 Å². The summed E-state index contributed by atoms with van der Waals surface area (Å²) >= 11 is 0. The van der Waals surface area contributed by atoms with Crippen molar-refractivity contribution in [3.63, 3.8) is 0 Å². The molecule has 0 saturated carbocycles. The molecule has 0 aliphatic carbocycles. The monoisotopic (exact) mass is 359 g/mol. The van der Waals surface area contributed by atoms with Crippen molar-refractivity contribution in [2.75, 3.05) is 0 Å². The molecular formula is C13H9N7O4S. The van der Waals surface area contributed by atoms with Crippen molar-refractivity contribution in [2.45, 2.75) is 6.54 Å². The van der Waals surface area contributed by atoms with Crippen LogP contribution in [0, 0.1) is 0 Å². The smallest absolute Gasteiger partial charge is 0.408 e. The van der Waals surface area contributed by atoms with Gasteiger partial charge in [-0.2, -0.15) is 13.2 Å². The Kier molecular flexibility index (Phi) is 4.80. The summed E-state index contributed by atoms with van der Waals surface area (Å²) in [6.07, 6.45) is 1.83. The molecule has 0 N–H and O–H groups in total. The van der Waals surface area contributed by atoms with Crippen molar-refractivity contribution < 1.29 is 17.9 Å². The predicted octanol–water partition coefficient (Wildman–Crippen LogP) is 0.740. The summed E-state index contributed by atoms with van der Waals surface area (Å²) < 4.78 is 28.0. The highest BCUT2D eigenvalue weighted by Crippen LogP contribution is 2.19. The molecule has 0 aliphatic heterocycles. The van der Waals surface area contributed by atoms with Gasteiger partial charge in [-0.15, -0.1) is 10.2 Å². The minimum absolute atomic E-state index is 0.135. The number of hydrogen-bond acceptors (Lipinski definition) is 9. The fourth-order valence-corrected chi connectivity index (χ4v) is 1.99. The summed E-state index contributed by atoms with van der Waals surface area (Å²) in [5.41, 5.74) is 1.37. The van der Waals surface area contributed by atoms with Gasteiger partial charge in [0.2, 0.25) is 5.82 Å². The van der Waals surface area contributed by atoms with E-state index >= 15 is 0 Å². The molecule has 0 aliphatic rings. The van der Waals surface area contributed by atoms with E-state index in [4.69, 9.17) is 4.74 Å². The number of nitrogens with zero attached hydrogens (tertiary/aromatic N) is 7. The first kappa shape index (κ1) is 16.3. The molecule has 0 saturated heterocycles. The second-order valence-electron chi connectivity index (χ2n) is 4.54. The SMILES string of the molecule is O=C(N=S(=O)=O)Oc1ccc(-c2nnn(Cc3ccncn3)n2)cc1. The molecule has 1 aromatic carbocycles. The number of amides is 1. The summed E-state index contributed by atoms with van der Waals surface area (Å²) in [4.78, 5) is 20.4. The lowest BCUT2D eigenvalue weighted by Gasteiger charge is -2.00. The van der Waals surface area contributed by atoms with Gasteiger partial charge >= 0.3 is 16.6 Å². The molecule has 1 amide bonds. The van der Waals surface area contributed by atoms with Gasteiger partial charge in [-0.1, -0.05) is 4.36 Å². The van der Waals surface area contributed by atoms with E-state index in [0.29, 0.717) is 17.9 Å². The van der Waals surface area contributed by atoms with E-state index in [1.54, 1.807) is 24.4 Å². The number of benzene rings is 1. The summed E-state index contributed by atoms with van der Waals surface area (Å²) in [5, 5.41) is 12.1. The number of carbonyl (C=O) groups is 1. The van der Waals surface area contributed by atoms with Crippen LogP contribution >= 0.6 is 0 Å². The van der Waals surface area contributed by atoms with Crippen LogP contribution in [0.1, 0.15) is 5.69 Å². The second kappa shape index (κ2) is 7.35. The Morgan fingerprint density at radius 2 is 2.00 bits per heavy atom. The first-order valence-electron chi connectivity index (χ1n) is 6.76. The van der Waals surface area contributed by atoms with Gasteiger partial charge in [0, 0.05) is 11.8 Å². The van der Waals surface area contributed by atoms with Crippen LogP contribution in [-0.4, -0.2) is 44.7 Å². The molecule has 0 atom stereocenters. The van der Waals surface area contributed by atoms with E-state index < -0.39 is 16.6 Å². The molecule has 0 radical (unpaired) electrons. The van der Waals surface area contributed by atoms with Gasteiger partial charge in [0.1, 0.15) is 18.6 Å². The Balaban J connectivity index is 1.70. The average Bonchev–Trinajstić information content (AvgIpc) is 3.04. The normalized spacial score (nSPS) is 10.2. The van der Waals surface area contributed by atoms with Gasteiger partial charge in [0.15, 0.2) is 0 Å². The van der Waals surface area contributed by atoms with Crippen molar-refractivity contribution in [1.82, 2.24) is 30.2 Å². The number of hydrogen-bond donors (Lipinski definition) is 0. The van der Waals surface area contributed by atoms with E-state index in [2.05, 4.69) is 29.7 Å². The second-order valence-corrected chi connectivity index (χ2v) is 5.16. The third-order valence-corrected chi connectivity index (χ3v) is 3.16. The van der Waals surface area contributed by atoms with Gasteiger partial charge < -0.3 is 4.74 Å². The molecule has 0 bridgehead atoms. The van der Waals surface area contributed by atoms with Crippen molar-refractivity contribution >= 4 is 16.6 Å². The fourth-order valence-electron chi connectivity index (χ4n) is 1.83. The fraction of sp³-hybridized carbons (Fsp3) is 0.0769. The number of carbonyl (C=O) groups excluding carboxylic acids is 1. The zero-order valence-electron chi connectivity index (χ0n) is 12.4. The third kappa shape index (κ3) is 4.48. The molecule has 126 valence electrons. The molecule has 2 aromatic heterocycles. The Morgan fingerprint density at radius 3 is 2.68 bits per heavy atom. The van der Waals surface area contributed by atoms with Crippen LogP contribution in [0.15, 0.2) is 47.2 Å². The van der Waals surface area contributed by atoms with Gasteiger partial charge in [0.25, 0.3) is 0 Å². The maximum atomic E-state index is 11.1. The van der Waals surface area contributed by atoms with E-state index in [1.807, 2.05) is 0 Å². The van der Waals surface area contributed by atoms with Crippen LogP contribution in [0.4, 0.5) is 4.79 Å². The molecule has 11 nitrogen and oxygen atoms in total. The van der Waals surface area contributed by atoms with Crippen molar-refractivity contribution in [2.24, 2.45) is 4.36 Å². The van der Waals surface area contributed by atoms with E-state index in [-0.39, 0.29) is 5.75 Å². The van der Waals surface area contributed by atoms with E-state index in [1.165, 1.54) is 23.3 Å². The van der Waals surface area contributed by atoms with E-state index in [9.17, 15) is 13.2 Å². The van der Waals surface area contributed by atoms with E-state index in [0.717, 1.165) is 5.69 Å². The highest BCUT2D eigenvalue weighted by atomic mass is 32.2. The quantitative estimate of drug-likeness (QED) is 0.659. The zero-order valence-corrected chi connectivity index (χ0v) is 13.2. The highest BCUT2D eigenvalue weighted by molar-refractivity contribution is 7.62. The van der Waals surface area contributed by atoms with Crippen LogP contribution in [-0.2, 0) is 17.0 Å². The molecule has 2 heterocycles. The van der Waals surface area contributed by atoms with Gasteiger partial charge in [-0.25, -0.2) is 14.8 Å². The standard InChI is InChI=1S/C13H9N7O4S/c21-13(18-25(22)23)24-11-3-1-9(2-4-11)12-16-19-20(17-12)7-10-5-6-14-8-15-10/h1-6,8H,7H2. The summed E-state index contributed by atoms with van der Waals surface area (Å²) in [6.45, 7) is 0.346. The molecule has 0 fully saturated rings. The Morgan fingerprint density at radius 1 is 1.20 bits per heavy atom. The number of aromatic nitrogens is 6. The minimum Gasteiger partial charge on any atom is -0.408 e. The molecule has 0 unspecified atom stereocenters. The lowest BCUT2D eigenvalue weighted by molar-refractivity contribution is 0.212. The van der Waals surface area contributed by atoms with Gasteiger partial charge in [0.05, 0.1) is 5.69 Å². The molecular weight excluding hydrogens is 350 g/mol. The molecule has 0 spiro atoms. The Hall–Kier alpha value is -3.54. The highest BCUT2D eigenvalue weighted by Gasteiger charge is 2.08. The summed E-state index contributed by atoms with van der Waals surface area (Å²) in [7, 11) is -2.86. The zero-order chi connectivity index (χ0) is 17.6. The largest absolute Gasteiger partial charge is 0.454 e. The third-order valence-electron chi connectivity index (χ3n) is 2.87. The van der Waals surface area contributed by atoms with Crippen molar-refractivity contribution in [3.05, 3.63) is 48.5 Å². The van der Waals surface area contributed by atoms with Crippen LogP contribution in [0.2, 0.25) is 0 Å². The average molecular weight is 359 g/mol. The molecule has 3 aromatic rings. The molecule has 12 heteroatoms. The van der Waals surface area contributed by atoms with Crippen LogP contribution in [0.5, 0.6) is 5.75 Å². The summed E-state index contributed by atoms with van der Waals surface area (Å²) in [5.74, 6) is 0.508. The lowest BCUT2D eigenvalue weighted by atomic mass is 10.2. The summed E-state index contributed by atoms with van der Waals surface area (Å²) in [6, 6.07) is 7.86. The molecule has 3 rings (SSSR count). The van der Waals surface area contributed by atoms with Crippen LogP contribution < -0.4 is 4.74 Å². The number of rotatable bonds is 4. The van der Waals surface area contributed by atoms with Crippen LogP contribution in [0.25, 0.3) is 11.4 Å². The predicted molar refractivity (Wildman–Crippen MR) is 81.8 cm³/mol. The van der Waals surface area contributed by atoms with Gasteiger partial charge in [-0.05, 0) is 35.5 Å². The molecule has 25 heavy (non-hydrogen) atoms. The maximum Gasteiger partial charge on any atom is 0.454 e. The van der Waals surface area contributed by atoms with Crippen molar-refractivity contribution in [3.8, 4) is 17.1 Å². The van der Waals surface area contributed by atoms with Crippen LogP contribution in [0.3, 0.4) is 0 Å². The van der Waals surface area contributed by atoms with Crippen molar-refractivity contribution in [1.29, 1.82) is 0 Å². The first-order valence-corrected chi connectivity index (χ1v) is 7.79. The number of ether oxygens (including phenoxy) is 1. The lowest BCUT2D eigenvalue weighted by Crippen LogP contribution is -2.05. The Labute approximate surface area is 142 Å². The first-order chi connectivity index (χ1) is 12.1. The Bertz CT molecular complexity index is 1010. The number of tetrazole rings is 1.